The lowest BCUT2D eigenvalue weighted by Gasteiger charge is -2.25. The first-order valence-corrected chi connectivity index (χ1v) is 20.9. The summed E-state index contributed by atoms with van der Waals surface area (Å²) in [5.41, 5.74) is 19.4. The van der Waals surface area contributed by atoms with Crippen molar-refractivity contribution in [3.05, 3.63) is 228 Å². The molecular weight excluding hydrogens is 729 g/mol. The molecule has 0 spiro atoms. The second-order valence-electron chi connectivity index (χ2n) is 16.8. The van der Waals surface area contributed by atoms with Crippen LogP contribution in [0.3, 0.4) is 0 Å². The van der Waals surface area contributed by atoms with E-state index < -0.39 is 0 Å². The molecule has 0 saturated heterocycles. The highest BCUT2D eigenvalue weighted by molar-refractivity contribution is 6.24. The molecule has 0 saturated carbocycles. The van der Waals surface area contributed by atoms with Gasteiger partial charge in [0.15, 0.2) is 0 Å². The standard InChI is InChI=1S/C58H40O2/c1-58(2)49-22-11-9-18-44(49)45-33-32-42(34-50(45)58)53(40-28-24-37(25-29-40)36-14-5-3-6-15-36)41-30-26-38(27-31-41)43-20-13-21-46-48-35-52-55(47-19-10-12-23-51(47)59-52)54(57(48)60-56(43)46)39-16-7-4-8-17-39/h3-35,53H,1-2H3. The van der Waals surface area contributed by atoms with Crippen LogP contribution in [0.2, 0.25) is 0 Å². The molecular formula is C58H40O2. The van der Waals surface area contributed by atoms with E-state index in [1.165, 1.54) is 50.1 Å². The maximum Gasteiger partial charge on any atom is 0.144 e. The third-order valence-corrected chi connectivity index (χ3v) is 13.0. The predicted octanol–water partition coefficient (Wildman–Crippen LogP) is 16.0. The Balaban J connectivity index is 0.999. The highest BCUT2D eigenvalue weighted by Gasteiger charge is 2.36. The maximum absolute atomic E-state index is 7.06. The highest BCUT2D eigenvalue weighted by Crippen LogP contribution is 2.51. The van der Waals surface area contributed by atoms with Gasteiger partial charge in [-0.05, 0) is 73.3 Å². The van der Waals surface area contributed by atoms with E-state index in [0.29, 0.717) is 0 Å². The summed E-state index contributed by atoms with van der Waals surface area (Å²) < 4.78 is 13.6. The number of rotatable bonds is 6. The molecule has 284 valence electrons. The first kappa shape index (κ1) is 34.6. The minimum atomic E-state index is -0.0885. The molecule has 1 aliphatic rings. The van der Waals surface area contributed by atoms with Crippen LogP contribution in [0.15, 0.2) is 209 Å². The minimum Gasteiger partial charge on any atom is -0.456 e. The van der Waals surface area contributed by atoms with E-state index >= 15 is 0 Å². The molecule has 1 aliphatic carbocycles. The van der Waals surface area contributed by atoms with Crippen molar-refractivity contribution in [1.82, 2.24) is 0 Å². The summed E-state index contributed by atoms with van der Waals surface area (Å²) >= 11 is 0. The van der Waals surface area contributed by atoms with Crippen LogP contribution in [0.1, 0.15) is 47.6 Å². The van der Waals surface area contributed by atoms with Gasteiger partial charge in [0.25, 0.3) is 0 Å². The Hall–Kier alpha value is -7.42. The van der Waals surface area contributed by atoms with E-state index in [4.69, 9.17) is 8.83 Å². The second kappa shape index (κ2) is 13.3. The van der Waals surface area contributed by atoms with Gasteiger partial charge >= 0.3 is 0 Å². The van der Waals surface area contributed by atoms with Gasteiger partial charge in [-0.1, -0.05) is 202 Å². The molecule has 0 amide bonds. The number of hydrogen-bond donors (Lipinski definition) is 0. The van der Waals surface area contributed by atoms with Gasteiger partial charge in [0.1, 0.15) is 22.3 Å². The molecule has 12 rings (SSSR count). The quantitative estimate of drug-likeness (QED) is 0.158. The molecule has 0 radical (unpaired) electrons. The number of fused-ring (bicyclic) bond motifs is 9. The third kappa shape index (κ3) is 5.27. The van der Waals surface area contributed by atoms with Gasteiger partial charge in [-0.25, -0.2) is 0 Å². The first-order chi connectivity index (χ1) is 29.5. The molecule has 2 aromatic heterocycles. The van der Waals surface area contributed by atoms with E-state index in [9.17, 15) is 0 Å². The van der Waals surface area contributed by atoms with Gasteiger partial charge in [0.05, 0.1) is 0 Å². The zero-order chi connectivity index (χ0) is 40.0. The molecule has 1 atom stereocenters. The molecule has 0 fully saturated rings. The van der Waals surface area contributed by atoms with Crippen molar-refractivity contribution in [2.45, 2.75) is 25.2 Å². The number of furan rings is 2. The Kier molecular flexibility index (Phi) is 7.68. The van der Waals surface area contributed by atoms with Crippen LogP contribution >= 0.6 is 0 Å². The highest BCUT2D eigenvalue weighted by atomic mass is 16.3. The van der Waals surface area contributed by atoms with E-state index in [-0.39, 0.29) is 11.3 Å². The number of benzene rings is 9. The zero-order valence-corrected chi connectivity index (χ0v) is 33.4. The molecule has 2 nitrogen and oxygen atoms in total. The van der Waals surface area contributed by atoms with Crippen LogP contribution in [-0.4, -0.2) is 0 Å². The van der Waals surface area contributed by atoms with Crippen molar-refractivity contribution in [3.63, 3.8) is 0 Å². The average molecular weight is 769 g/mol. The van der Waals surface area contributed by atoms with E-state index in [0.717, 1.165) is 66.1 Å². The Morgan fingerprint density at radius 2 is 0.950 bits per heavy atom. The topological polar surface area (TPSA) is 26.3 Å². The molecule has 0 N–H and O–H groups in total. The molecule has 11 aromatic rings. The Morgan fingerprint density at radius 3 is 1.72 bits per heavy atom. The van der Waals surface area contributed by atoms with Gasteiger partial charge in [-0.3, -0.25) is 0 Å². The Labute approximate surface area is 349 Å². The first-order valence-electron chi connectivity index (χ1n) is 20.9. The summed E-state index contributed by atoms with van der Waals surface area (Å²) in [7, 11) is 0. The fourth-order valence-corrected chi connectivity index (χ4v) is 10.1. The third-order valence-electron chi connectivity index (χ3n) is 13.0. The fraction of sp³-hybridized carbons (Fsp3) is 0.0690. The van der Waals surface area contributed by atoms with Crippen LogP contribution < -0.4 is 0 Å². The zero-order valence-electron chi connectivity index (χ0n) is 33.4. The lowest BCUT2D eigenvalue weighted by Crippen LogP contribution is -2.15. The smallest absolute Gasteiger partial charge is 0.144 e. The monoisotopic (exact) mass is 768 g/mol. The van der Waals surface area contributed by atoms with Crippen molar-refractivity contribution in [2.75, 3.05) is 0 Å². The summed E-state index contributed by atoms with van der Waals surface area (Å²) in [4.78, 5) is 0. The Bertz CT molecular complexity index is 3420. The molecule has 1 unspecified atom stereocenters. The molecule has 60 heavy (non-hydrogen) atoms. The van der Waals surface area contributed by atoms with Crippen LogP contribution in [-0.2, 0) is 5.41 Å². The molecule has 0 bridgehead atoms. The number of hydrogen-bond acceptors (Lipinski definition) is 2. The maximum atomic E-state index is 7.06. The SMILES string of the molecule is CC1(C)c2ccccc2-c2ccc(C(c3ccc(-c4ccccc4)cc3)c3ccc(-c4cccc5c4oc4c(-c6ccccc6)c6c(cc45)oc4ccccc46)cc3)cc21. The van der Waals surface area contributed by atoms with Crippen LogP contribution in [0.4, 0.5) is 0 Å². The lowest BCUT2D eigenvalue weighted by atomic mass is 9.79. The van der Waals surface area contributed by atoms with Crippen molar-refractivity contribution in [3.8, 4) is 44.5 Å². The van der Waals surface area contributed by atoms with Gasteiger partial charge in [0.2, 0.25) is 0 Å². The summed E-state index contributed by atoms with van der Waals surface area (Å²) in [6, 6.07) is 72.5. The van der Waals surface area contributed by atoms with Gasteiger partial charge in [-0.2, -0.15) is 0 Å². The summed E-state index contributed by atoms with van der Waals surface area (Å²) in [6.45, 7) is 4.72. The molecule has 2 heterocycles. The van der Waals surface area contributed by atoms with E-state index in [1.54, 1.807) is 0 Å². The predicted molar refractivity (Wildman–Crippen MR) is 249 cm³/mol. The van der Waals surface area contributed by atoms with Gasteiger partial charge in [-0.15, -0.1) is 0 Å². The normalized spacial score (nSPS) is 13.6. The van der Waals surface area contributed by atoms with Crippen molar-refractivity contribution >= 4 is 43.9 Å². The van der Waals surface area contributed by atoms with E-state index in [1.807, 2.05) is 12.1 Å². The molecule has 9 aromatic carbocycles. The molecule has 0 aliphatic heterocycles. The largest absolute Gasteiger partial charge is 0.456 e. The summed E-state index contributed by atoms with van der Waals surface area (Å²) in [5.74, 6) is 0.0365. The van der Waals surface area contributed by atoms with Crippen LogP contribution in [0.25, 0.3) is 88.4 Å². The fourth-order valence-electron chi connectivity index (χ4n) is 10.1. The van der Waals surface area contributed by atoms with Crippen molar-refractivity contribution in [1.29, 1.82) is 0 Å². The molecule has 2 heteroatoms. The van der Waals surface area contributed by atoms with Crippen molar-refractivity contribution < 1.29 is 8.83 Å². The van der Waals surface area contributed by atoms with Crippen LogP contribution in [0, 0.1) is 0 Å². The Morgan fingerprint density at radius 1 is 0.367 bits per heavy atom. The average Bonchev–Trinajstić information content (AvgIpc) is 3.94. The van der Waals surface area contributed by atoms with Gasteiger partial charge in [0, 0.05) is 44.0 Å². The second-order valence-corrected chi connectivity index (χ2v) is 16.8. The van der Waals surface area contributed by atoms with E-state index in [2.05, 4.69) is 202 Å². The lowest BCUT2D eigenvalue weighted by molar-refractivity contribution is 0.659. The van der Waals surface area contributed by atoms with Crippen molar-refractivity contribution in [2.24, 2.45) is 0 Å². The number of para-hydroxylation sites is 2. The minimum absolute atomic E-state index is 0.0365. The summed E-state index contributed by atoms with van der Waals surface area (Å²) in [6.07, 6.45) is 0. The van der Waals surface area contributed by atoms with Crippen LogP contribution in [0.5, 0.6) is 0 Å². The van der Waals surface area contributed by atoms with Gasteiger partial charge < -0.3 is 8.83 Å². The summed E-state index contributed by atoms with van der Waals surface area (Å²) in [5, 5.41) is 4.29.